The predicted molar refractivity (Wildman–Crippen MR) is 105 cm³/mol. The van der Waals surface area contributed by atoms with Gasteiger partial charge in [0, 0.05) is 39.3 Å². The van der Waals surface area contributed by atoms with E-state index in [1.807, 2.05) is 13.0 Å². The van der Waals surface area contributed by atoms with Gasteiger partial charge < -0.3 is 14.2 Å². The molecular weight excluding hydrogens is 340 g/mol. The van der Waals surface area contributed by atoms with Crippen molar-refractivity contribution in [1.29, 1.82) is 0 Å². The van der Waals surface area contributed by atoms with Crippen molar-refractivity contribution in [2.75, 3.05) is 38.1 Å². The Morgan fingerprint density at radius 2 is 1.78 bits per heavy atom. The fourth-order valence-electron chi connectivity index (χ4n) is 3.74. The van der Waals surface area contributed by atoms with Crippen LogP contribution >= 0.6 is 0 Å². The summed E-state index contributed by atoms with van der Waals surface area (Å²) in [7, 11) is 2.16. The lowest BCUT2D eigenvalue weighted by atomic mass is 10.1. The topological polar surface area (TPSA) is 62.7 Å². The molecule has 5 rings (SSSR count). The second-order valence-corrected chi connectivity index (χ2v) is 7.31. The summed E-state index contributed by atoms with van der Waals surface area (Å²) >= 11 is 0. The number of fused-ring (bicyclic) bond motifs is 2. The second-order valence-electron chi connectivity index (χ2n) is 7.31. The zero-order valence-electron chi connectivity index (χ0n) is 15.8. The number of aryl methyl sites for hydroxylation is 2. The minimum absolute atomic E-state index is 0.685. The van der Waals surface area contributed by atoms with Gasteiger partial charge in [-0.3, -0.25) is 4.40 Å². The molecule has 0 radical (unpaired) electrons. The SMILES string of the molecule is Cc1nc2ccc(-c3cc(C)c4nnc(N5CCN(C)CC5)n4c3)cc2o1. The lowest BCUT2D eigenvalue weighted by Crippen LogP contribution is -2.45. The first-order valence-electron chi connectivity index (χ1n) is 9.25. The largest absolute Gasteiger partial charge is 0.441 e. The van der Waals surface area contributed by atoms with E-state index in [-0.39, 0.29) is 0 Å². The molecule has 27 heavy (non-hydrogen) atoms. The van der Waals surface area contributed by atoms with E-state index in [0.29, 0.717) is 5.89 Å². The lowest BCUT2D eigenvalue weighted by molar-refractivity contribution is 0.311. The molecule has 0 amide bonds. The summed E-state index contributed by atoms with van der Waals surface area (Å²) in [4.78, 5) is 9.04. The fourth-order valence-corrected chi connectivity index (χ4v) is 3.74. The number of rotatable bonds is 2. The zero-order valence-corrected chi connectivity index (χ0v) is 15.8. The molecule has 7 heteroatoms. The molecule has 3 aromatic heterocycles. The van der Waals surface area contributed by atoms with Crippen molar-refractivity contribution in [3.63, 3.8) is 0 Å². The maximum atomic E-state index is 5.71. The van der Waals surface area contributed by atoms with Crippen LogP contribution in [0.4, 0.5) is 5.95 Å². The van der Waals surface area contributed by atoms with Crippen LogP contribution in [0.2, 0.25) is 0 Å². The third kappa shape index (κ3) is 2.75. The molecule has 1 saturated heterocycles. The molecule has 0 unspecified atom stereocenters. The van der Waals surface area contributed by atoms with E-state index in [2.05, 4.69) is 67.7 Å². The highest BCUT2D eigenvalue weighted by Crippen LogP contribution is 2.28. The molecular formula is C20H22N6O. The van der Waals surface area contributed by atoms with Crippen LogP contribution in [0.25, 0.3) is 27.9 Å². The number of piperazine rings is 1. The molecule has 138 valence electrons. The van der Waals surface area contributed by atoms with E-state index in [9.17, 15) is 0 Å². The van der Waals surface area contributed by atoms with Crippen LogP contribution < -0.4 is 4.90 Å². The Balaban J connectivity index is 1.61. The van der Waals surface area contributed by atoms with E-state index in [1.54, 1.807) is 0 Å². The van der Waals surface area contributed by atoms with Crippen LogP contribution in [0.1, 0.15) is 11.5 Å². The van der Waals surface area contributed by atoms with Crippen molar-refractivity contribution < 1.29 is 4.42 Å². The van der Waals surface area contributed by atoms with E-state index in [0.717, 1.165) is 65.6 Å². The first-order valence-corrected chi connectivity index (χ1v) is 9.25. The van der Waals surface area contributed by atoms with Crippen molar-refractivity contribution in [1.82, 2.24) is 24.5 Å². The number of hydrogen-bond donors (Lipinski definition) is 0. The molecule has 1 aliphatic rings. The van der Waals surface area contributed by atoms with Gasteiger partial charge in [-0.15, -0.1) is 10.2 Å². The number of hydrogen-bond acceptors (Lipinski definition) is 6. The van der Waals surface area contributed by atoms with E-state index >= 15 is 0 Å². The molecule has 0 saturated carbocycles. The van der Waals surface area contributed by atoms with Gasteiger partial charge in [-0.2, -0.15) is 0 Å². The number of pyridine rings is 1. The summed E-state index contributed by atoms with van der Waals surface area (Å²) in [6.45, 7) is 7.95. The minimum atomic E-state index is 0.685. The zero-order chi connectivity index (χ0) is 18.5. The third-order valence-electron chi connectivity index (χ3n) is 5.29. The molecule has 0 bridgehead atoms. The highest BCUT2D eigenvalue weighted by atomic mass is 16.3. The Labute approximate surface area is 157 Å². The number of nitrogens with zero attached hydrogens (tertiary/aromatic N) is 6. The van der Waals surface area contributed by atoms with Gasteiger partial charge in [-0.25, -0.2) is 4.98 Å². The van der Waals surface area contributed by atoms with Crippen LogP contribution in [0, 0.1) is 13.8 Å². The number of aromatic nitrogens is 4. The Kier molecular flexibility index (Phi) is 3.65. The summed E-state index contributed by atoms with van der Waals surface area (Å²) in [6.07, 6.45) is 2.13. The molecule has 7 nitrogen and oxygen atoms in total. The standard InChI is InChI=1S/C20H22N6O/c1-13-10-16(15-4-5-17-18(11-15)27-14(2)21-17)12-26-19(13)22-23-20(26)25-8-6-24(3)7-9-25/h4-5,10-12H,6-9H2,1-3H3. The van der Waals surface area contributed by atoms with Gasteiger partial charge in [0.15, 0.2) is 17.1 Å². The summed E-state index contributed by atoms with van der Waals surface area (Å²) < 4.78 is 7.82. The van der Waals surface area contributed by atoms with E-state index in [1.165, 1.54) is 0 Å². The van der Waals surface area contributed by atoms with Gasteiger partial charge in [0.05, 0.1) is 0 Å². The van der Waals surface area contributed by atoms with Crippen LogP contribution in [-0.4, -0.2) is 57.7 Å². The molecule has 0 N–H and O–H groups in total. The second kappa shape index (κ2) is 6.06. The predicted octanol–water partition coefficient (Wildman–Crippen LogP) is 2.91. The fraction of sp³-hybridized carbons (Fsp3) is 0.350. The molecule has 0 atom stereocenters. The van der Waals surface area contributed by atoms with Crippen LogP contribution in [-0.2, 0) is 0 Å². The molecule has 1 fully saturated rings. The van der Waals surface area contributed by atoms with Gasteiger partial charge >= 0.3 is 0 Å². The Bertz CT molecular complexity index is 1140. The van der Waals surface area contributed by atoms with Gasteiger partial charge in [0.1, 0.15) is 5.52 Å². The van der Waals surface area contributed by atoms with Crippen LogP contribution in [0.5, 0.6) is 0 Å². The van der Waals surface area contributed by atoms with Crippen LogP contribution in [0.3, 0.4) is 0 Å². The lowest BCUT2D eigenvalue weighted by Gasteiger charge is -2.32. The Hall–Kier alpha value is -2.93. The number of benzene rings is 1. The maximum Gasteiger partial charge on any atom is 0.231 e. The summed E-state index contributed by atoms with van der Waals surface area (Å²) in [5, 5.41) is 8.91. The molecule has 4 heterocycles. The van der Waals surface area contributed by atoms with Crippen molar-refractivity contribution in [2.24, 2.45) is 0 Å². The first-order chi connectivity index (χ1) is 13.1. The minimum Gasteiger partial charge on any atom is -0.441 e. The highest BCUT2D eigenvalue weighted by Gasteiger charge is 2.20. The summed E-state index contributed by atoms with van der Waals surface area (Å²) in [5.41, 5.74) is 5.92. The molecule has 1 aromatic carbocycles. The smallest absolute Gasteiger partial charge is 0.231 e. The Morgan fingerprint density at radius 3 is 2.59 bits per heavy atom. The quantitative estimate of drug-likeness (QED) is 0.546. The summed E-state index contributed by atoms with van der Waals surface area (Å²) in [5.74, 6) is 1.60. The number of oxazole rings is 1. The third-order valence-corrected chi connectivity index (χ3v) is 5.29. The molecule has 4 aromatic rings. The van der Waals surface area contributed by atoms with Gasteiger partial charge in [-0.05, 0) is 48.9 Å². The van der Waals surface area contributed by atoms with Gasteiger partial charge in [-0.1, -0.05) is 6.07 Å². The highest BCUT2D eigenvalue weighted by molar-refractivity contribution is 5.80. The van der Waals surface area contributed by atoms with Crippen LogP contribution in [0.15, 0.2) is 34.9 Å². The average molecular weight is 362 g/mol. The van der Waals surface area contributed by atoms with Gasteiger partial charge in [0.25, 0.3) is 0 Å². The van der Waals surface area contributed by atoms with E-state index in [4.69, 9.17) is 4.42 Å². The first kappa shape index (κ1) is 16.3. The van der Waals surface area contributed by atoms with Crippen molar-refractivity contribution in [3.05, 3.63) is 41.9 Å². The van der Waals surface area contributed by atoms with Gasteiger partial charge in [0.2, 0.25) is 5.95 Å². The molecule has 0 aliphatic carbocycles. The normalized spacial score (nSPS) is 15.9. The average Bonchev–Trinajstić information content (AvgIpc) is 3.24. The number of likely N-dealkylation sites (N-methyl/N-ethyl adjacent to an activating group) is 1. The molecule has 1 aliphatic heterocycles. The van der Waals surface area contributed by atoms with Crippen molar-refractivity contribution in [3.8, 4) is 11.1 Å². The Morgan fingerprint density at radius 1 is 0.963 bits per heavy atom. The maximum absolute atomic E-state index is 5.71. The monoisotopic (exact) mass is 362 g/mol. The summed E-state index contributed by atoms with van der Waals surface area (Å²) in [6, 6.07) is 8.30. The van der Waals surface area contributed by atoms with Crippen molar-refractivity contribution >= 4 is 22.7 Å². The molecule has 0 spiro atoms. The van der Waals surface area contributed by atoms with E-state index < -0.39 is 0 Å². The number of anilines is 1. The van der Waals surface area contributed by atoms with Crippen molar-refractivity contribution in [2.45, 2.75) is 13.8 Å².